The smallest absolute Gasteiger partial charge is 0.286 e. The van der Waals surface area contributed by atoms with Gasteiger partial charge < -0.3 is 5.32 Å². The zero-order valence-corrected chi connectivity index (χ0v) is 17.9. The first kappa shape index (κ1) is 20.2. The molecule has 4 rings (SSSR count). The van der Waals surface area contributed by atoms with E-state index in [-0.39, 0.29) is 16.7 Å². The first-order chi connectivity index (χ1) is 14.5. The van der Waals surface area contributed by atoms with Crippen molar-refractivity contribution in [3.63, 3.8) is 0 Å². The summed E-state index contributed by atoms with van der Waals surface area (Å²) < 4.78 is 15.0. The van der Waals surface area contributed by atoms with E-state index in [9.17, 15) is 9.18 Å². The van der Waals surface area contributed by atoms with Gasteiger partial charge in [0.25, 0.3) is 5.91 Å². The van der Waals surface area contributed by atoms with Crippen LogP contribution in [0.5, 0.6) is 0 Å². The van der Waals surface area contributed by atoms with E-state index in [2.05, 4.69) is 51.0 Å². The highest BCUT2D eigenvalue weighted by Gasteiger charge is 2.15. The predicted molar refractivity (Wildman–Crippen MR) is 117 cm³/mol. The molecule has 0 radical (unpaired) electrons. The van der Waals surface area contributed by atoms with Gasteiger partial charge in [-0.25, -0.2) is 9.37 Å². The van der Waals surface area contributed by atoms with Crippen molar-refractivity contribution in [3.05, 3.63) is 81.8 Å². The van der Waals surface area contributed by atoms with Gasteiger partial charge in [0.15, 0.2) is 5.16 Å². The molecule has 2 heterocycles. The number of aromatic nitrogens is 4. The fourth-order valence-corrected chi connectivity index (χ4v) is 4.51. The number of hydrogen-bond donors (Lipinski definition) is 1. The second-order valence-corrected chi connectivity index (χ2v) is 8.55. The van der Waals surface area contributed by atoms with E-state index < -0.39 is 0 Å². The molecular formula is C21H18FN5OS2. The van der Waals surface area contributed by atoms with Crippen molar-refractivity contribution in [1.82, 2.24) is 19.7 Å². The summed E-state index contributed by atoms with van der Waals surface area (Å²) in [4.78, 5) is 16.8. The number of halogens is 1. The van der Waals surface area contributed by atoms with Crippen LogP contribution in [0.15, 0.2) is 60.0 Å². The highest BCUT2D eigenvalue weighted by molar-refractivity contribution is 7.98. The normalized spacial score (nSPS) is 10.9. The number of benzene rings is 2. The van der Waals surface area contributed by atoms with Gasteiger partial charge in [0.05, 0.1) is 11.4 Å². The summed E-state index contributed by atoms with van der Waals surface area (Å²) >= 11 is 2.76. The van der Waals surface area contributed by atoms with E-state index in [0.717, 1.165) is 15.9 Å². The molecule has 0 aliphatic rings. The van der Waals surface area contributed by atoms with Crippen LogP contribution in [0.25, 0.3) is 5.69 Å². The Hall–Kier alpha value is -3.04. The number of carbonyl (C=O) groups excluding carboxylic acids is 1. The van der Waals surface area contributed by atoms with E-state index in [1.54, 1.807) is 6.20 Å². The number of hydrogen-bond acceptors (Lipinski definition) is 6. The van der Waals surface area contributed by atoms with Crippen molar-refractivity contribution < 1.29 is 9.18 Å². The summed E-state index contributed by atoms with van der Waals surface area (Å²) in [7, 11) is 0. The number of nitrogens with one attached hydrogen (secondary N) is 1. The van der Waals surface area contributed by atoms with Gasteiger partial charge >= 0.3 is 0 Å². The fraction of sp³-hybridized carbons (Fsp3) is 0.143. The van der Waals surface area contributed by atoms with Crippen LogP contribution in [0.1, 0.15) is 25.9 Å². The van der Waals surface area contributed by atoms with Crippen LogP contribution in [0.3, 0.4) is 0 Å². The molecule has 152 valence electrons. The summed E-state index contributed by atoms with van der Waals surface area (Å²) in [6.45, 7) is 4.18. The van der Waals surface area contributed by atoms with Gasteiger partial charge in [0.2, 0.25) is 5.01 Å². The Kier molecular flexibility index (Phi) is 5.91. The van der Waals surface area contributed by atoms with E-state index in [0.29, 0.717) is 11.4 Å². The maximum atomic E-state index is 13.0. The molecule has 0 aliphatic heterocycles. The number of amides is 1. The molecule has 1 amide bonds. The molecule has 0 unspecified atom stereocenters. The average Bonchev–Trinajstić information content (AvgIpc) is 3.40. The Labute approximate surface area is 181 Å². The second kappa shape index (κ2) is 8.76. The van der Waals surface area contributed by atoms with Gasteiger partial charge in [-0.05, 0) is 55.3 Å². The summed E-state index contributed by atoms with van der Waals surface area (Å²) in [6, 6.07) is 11.8. The number of thioether (sulfide) groups is 1. The van der Waals surface area contributed by atoms with Crippen molar-refractivity contribution in [1.29, 1.82) is 0 Å². The van der Waals surface area contributed by atoms with Crippen molar-refractivity contribution >= 4 is 34.7 Å². The fourth-order valence-electron chi connectivity index (χ4n) is 2.82. The Morgan fingerprint density at radius 1 is 1.17 bits per heavy atom. The molecular weight excluding hydrogens is 421 g/mol. The summed E-state index contributed by atoms with van der Waals surface area (Å²) in [5, 5.41) is 12.6. The molecule has 0 spiro atoms. The van der Waals surface area contributed by atoms with Crippen molar-refractivity contribution in [2.75, 3.05) is 5.32 Å². The molecule has 0 atom stereocenters. The molecule has 0 aliphatic carbocycles. The van der Waals surface area contributed by atoms with E-state index in [4.69, 9.17) is 0 Å². The standard InChI is InChI=1S/C21H18FN5OS2/c1-13-4-3-5-17(14(13)2)27-11-10-23-21(27)29-12-18-25-26-20(30-18)19(28)24-16-8-6-15(22)7-9-16/h3-11H,12H2,1-2H3,(H,24,28). The third kappa shape index (κ3) is 4.42. The molecule has 0 fully saturated rings. The monoisotopic (exact) mass is 439 g/mol. The zero-order valence-electron chi connectivity index (χ0n) is 16.3. The number of nitrogens with zero attached hydrogens (tertiary/aromatic N) is 4. The quantitative estimate of drug-likeness (QED) is 0.427. The maximum absolute atomic E-state index is 13.0. The van der Waals surface area contributed by atoms with Crippen molar-refractivity contribution in [2.24, 2.45) is 0 Å². The summed E-state index contributed by atoms with van der Waals surface area (Å²) in [5.74, 6) is -0.182. The van der Waals surface area contributed by atoms with Crippen molar-refractivity contribution in [3.8, 4) is 5.69 Å². The summed E-state index contributed by atoms with van der Waals surface area (Å²) in [5.41, 5.74) is 4.01. The van der Waals surface area contributed by atoms with Crippen LogP contribution in [0, 0.1) is 19.7 Å². The minimum Gasteiger partial charge on any atom is -0.320 e. The van der Waals surface area contributed by atoms with Crippen molar-refractivity contribution in [2.45, 2.75) is 24.8 Å². The number of anilines is 1. The largest absolute Gasteiger partial charge is 0.320 e. The molecule has 2 aromatic heterocycles. The SMILES string of the molecule is Cc1cccc(-n2ccnc2SCc2nnc(C(=O)Nc3ccc(F)cc3)s2)c1C. The minimum absolute atomic E-state index is 0.257. The lowest BCUT2D eigenvalue weighted by Gasteiger charge is -2.11. The Bertz CT molecular complexity index is 1190. The highest BCUT2D eigenvalue weighted by Crippen LogP contribution is 2.27. The molecule has 1 N–H and O–H groups in total. The first-order valence-electron chi connectivity index (χ1n) is 9.13. The van der Waals surface area contributed by atoms with E-state index in [1.807, 2.05) is 12.3 Å². The molecule has 2 aromatic carbocycles. The summed E-state index contributed by atoms with van der Waals surface area (Å²) in [6.07, 6.45) is 3.71. The zero-order chi connectivity index (χ0) is 21.1. The van der Waals surface area contributed by atoms with Crippen LogP contribution in [0.2, 0.25) is 0 Å². The third-order valence-electron chi connectivity index (χ3n) is 4.53. The van der Waals surface area contributed by atoms with Crippen LogP contribution >= 0.6 is 23.1 Å². The lowest BCUT2D eigenvalue weighted by atomic mass is 10.1. The number of imidazole rings is 1. The molecule has 9 heteroatoms. The van der Waals surface area contributed by atoms with Crippen LogP contribution < -0.4 is 5.32 Å². The van der Waals surface area contributed by atoms with Gasteiger partial charge in [0, 0.05) is 18.1 Å². The Morgan fingerprint density at radius 3 is 2.77 bits per heavy atom. The lowest BCUT2D eigenvalue weighted by Crippen LogP contribution is -2.11. The van der Waals surface area contributed by atoms with E-state index >= 15 is 0 Å². The molecule has 4 aromatic rings. The molecule has 0 bridgehead atoms. The topological polar surface area (TPSA) is 72.7 Å². The van der Waals surface area contributed by atoms with E-state index in [1.165, 1.54) is 58.5 Å². The Morgan fingerprint density at radius 2 is 1.97 bits per heavy atom. The van der Waals surface area contributed by atoms with Gasteiger partial charge in [-0.3, -0.25) is 9.36 Å². The first-order valence-corrected chi connectivity index (χ1v) is 10.9. The van der Waals surface area contributed by atoms with Gasteiger partial charge in [-0.2, -0.15) is 0 Å². The van der Waals surface area contributed by atoms with Gasteiger partial charge in [0.1, 0.15) is 10.8 Å². The highest BCUT2D eigenvalue weighted by atomic mass is 32.2. The average molecular weight is 440 g/mol. The molecule has 0 saturated carbocycles. The molecule has 6 nitrogen and oxygen atoms in total. The Balaban J connectivity index is 1.43. The van der Waals surface area contributed by atoms with Gasteiger partial charge in [-0.15, -0.1) is 10.2 Å². The minimum atomic E-state index is -0.368. The van der Waals surface area contributed by atoms with Crippen LogP contribution in [-0.4, -0.2) is 25.7 Å². The maximum Gasteiger partial charge on any atom is 0.286 e. The molecule has 0 saturated heterocycles. The van der Waals surface area contributed by atoms with Crippen LogP contribution in [0.4, 0.5) is 10.1 Å². The predicted octanol–water partition coefficient (Wildman–Crippen LogP) is 5.02. The lowest BCUT2D eigenvalue weighted by molar-refractivity contribution is 0.102. The molecule has 30 heavy (non-hydrogen) atoms. The third-order valence-corrected chi connectivity index (χ3v) is 6.61. The second-order valence-electron chi connectivity index (χ2n) is 6.55. The number of carbonyl (C=O) groups is 1. The van der Waals surface area contributed by atoms with Gasteiger partial charge in [-0.1, -0.05) is 35.2 Å². The number of aryl methyl sites for hydroxylation is 1. The number of rotatable bonds is 6. The van der Waals surface area contributed by atoms with Crippen LogP contribution in [-0.2, 0) is 5.75 Å².